The number of para-hydroxylation sites is 4. The Morgan fingerprint density at radius 3 is 2.05 bits per heavy atom. The Morgan fingerprint density at radius 2 is 1.15 bits per heavy atom. The van der Waals surface area contributed by atoms with Gasteiger partial charge in [0.25, 0.3) is 0 Å². The number of aromatic nitrogens is 5. The van der Waals surface area contributed by atoms with Crippen molar-refractivity contribution in [3.63, 3.8) is 0 Å². The molecule has 12 aromatic rings. The molecule has 8 aromatic carbocycles. The Balaban J connectivity index is 1.09. The highest BCUT2D eigenvalue weighted by atomic mass is 16.3. The third-order valence-corrected chi connectivity index (χ3v) is 11.5. The van der Waals surface area contributed by atoms with Crippen molar-refractivity contribution in [3.8, 4) is 50.6 Å². The SMILES string of the molecule is c1ccc2c(c1)-c1cccc3ccc4c(c13)c1c-2cccc1n4-c1ccccc1-c1nc2c(-c3ccc4c(c3)oc3ccccc34)nc3ccccc3n2n1. The molecule has 13 rings (SSSR count). The zero-order valence-electron chi connectivity index (χ0n) is 29.2. The standard InChI is InChI=1S/C49H27N5O/c1-2-13-31-30(12-1)34-16-9-11-28-24-26-41-46(44(28)34)45-35(31)17-10-21-40(45)53(41)38-19-6-3-15-36(38)48-51-49-47(50-37-18-5-7-20-39(37)54(49)52-48)29-23-25-33-32-14-4-8-22-42(32)55-43(33)27-29/h1-27H. The molecule has 0 aliphatic heterocycles. The molecule has 55 heavy (non-hydrogen) atoms. The van der Waals surface area contributed by atoms with Crippen LogP contribution in [0.1, 0.15) is 0 Å². The quantitative estimate of drug-likeness (QED) is 0.184. The lowest BCUT2D eigenvalue weighted by molar-refractivity contribution is 0.669. The molecule has 0 spiro atoms. The third-order valence-electron chi connectivity index (χ3n) is 11.5. The van der Waals surface area contributed by atoms with E-state index in [1.54, 1.807) is 0 Å². The van der Waals surface area contributed by atoms with Crippen molar-refractivity contribution in [2.45, 2.75) is 0 Å². The Kier molecular flexibility index (Phi) is 5.54. The molecular formula is C49H27N5O. The zero-order valence-corrected chi connectivity index (χ0v) is 29.2. The molecule has 4 aromatic heterocycles. The summed E-state index contributed by atoms with van der Waals surface area (Å²) in [6.07, 6.45) is 0. The normalized spacial score (nSPS) is 12.4. The van der Waals surface area contributed by atoms with Gasteiger partial charge in [-0.05, 0) is 87.6 Å². The van der Waals surface area contributed by atoms with Gasteiger partial charge in [-0.25, -0.2) is 14.5 Å². The minimum Gasteiger partial charge on any atom is -0.456 e. The number of nitrogens with zero attached hydrogens (tertiary/aromatic N) is 5. The van der Waals surface area contributed by atoms with Crippen LogP contribution >= 0.6 is 0 Å². The molecule has 0 saturated heterocycles. The maximum Gasteiger partial charge on any atom is 0.184 e. The van der Waals surface area contributed by atoms with Gasteiger partial charge >= 0.3 is 0 Å². The molecular weight excluding hydrogens is 675 g/mol. The van der Waals surface area contributed by atoms with E-state index < -0.39 is 0 Å². The van der Waals surface area contributed by atoms with E-state index >= 15 is 0 Å². The second-order valence-electron chi connectivity index (χ2n) is 14.4. The molecule has 0 amide bonds. The summed E-state index contributed by atoms with van der Waals surface area (Å²) in [7, 11) is 0. The summed E-state index contributed by atoms with van der Waals surface area (Å²) >= 11 is 0. The molecule has 0 unspecified atom stereocenters. The van der Waals surface area contributed by atoms with Gasteiger partial charge in [-0.1, -0.05) is 109 Å². The summed E-state index contributed by atoms with van der Waals surface area (Å²) in [4.78, 5) is 10.5. The van der Waals surface area contributed by atoms with E-state index in [2.05, 4.69) is 132 Å². The molecule has 4 heterocycles. The van der Waals surface area contributed by atoms with E-state index in [0.717, 1.165) is 66.5 Å². The molecule has 0 bridgehead atoms. The smallest absolute Gasteiger partial charge is 0.184 e. The third kappa shape index (κ3) is 3.84. The largest absolute Gasteiger partial charge is 0.456 e. The molecule has 0 saturated carbocycles. The lowest BCUT2D eigenvalue weighted by Crippen LogP contribution is -1.99. The van der Waals surface area contributed by atoms with E-state index in [4.69, 9.17) is 19.5 Å². The van der Waals surface area contributed by atoms with E-state index in [0.29, 0.717) is 11.5 Å². The number of benzene rings is 8. The molecule has 6 nitrogen and oxygen atoms in total. The Bertz CT molecular complexity index is 3620. The van der Waals surface area contributed by atoms with Crippen molar-refractivity contribution in [2.24, 2.45) is 0 Å². The van der Waals surface area contributed by atoms with Crippen LogP contribution in [0.15, 0.2) is 168 Å². The topological polar surface area (TPSA) is 61.2 Å². The highest BCUT2D eigenvalue weighted by Crippen LogP contribution is 2.50. The summed E-state index contributed by atoms with van der Waals surface area (Å²) in [5, 5.41) is 12.5. The second kappa shape index (κ2) is 10.5. The average molecular weight is 702 g/mol. The highest BCUT2D eigenvalue weighted by Gasteiger charge is 2.26. The highest BCUT2D eigenvalue weighted by molar-refractivity contribution is 6.30. The fourth-order valence-corrected chi connectivity index (χ4v) is 9.17. The molecule has 1 aliphatic rings. The van der Waals surface area contributed by atoms with Crippen LogP contribution in [0, 0.1) is 0 Å². The minimum atomic E-state index is 0.630. The maximum absolute atomic E-state index is 6.31. The minimum absolute atomic E-state index is 0.630. The number of hydrogen-bond donors (Lipinski definition) is 0. The van der Waals surface area contributed by atoms with Crippen LogP contribution in [-0.2, 0) is 0 Å². The fraction of sp³-hybridized carbons (Fsp3) is 0. The fourth-order valence-electron chi connectivity index (χ4n) is 9.17. The summed E-state index contributed by atoms with van der Waals surface area (Å²) in [5.41, 5.74) is 15.0. The predicted molar refractivity (Wildman–Crippen MR) is 223 cm³/mol. The average Bonchev–Trinajstić information content (AvgIpc) is 3.93. The van der Waals surface area contributed by atoms with Gasteiger partial charge in [0.15, 0.2) is 11.5 Å². The van der Waals surface area contributed by atoms with Crippen molar-refractivity contribution in [3.05, 3.63) is 164 Å². The van der Waals surface area contributed by atoms with Crippen LogP contribution in [0.5, 0.6) is 0 Å². The zero-order chi connectivity index (χ0) is 35.8. The van der Waals surface area contributed by atoms with Crippen LogP contribution in [0.4, 0.5) is 0 Å². The number of furan rings is 1. The Morgan fingerprint density at radius 1 is 0.455 bits per heavy atom. The van der Waals surface area contributed by atoms with Crippen LogP contribution in [0.2, 0.25) is 0 Å². The first-order valence-electron chi connectivity index (χ1n) is 18.5. The number of hydrogen-bond acceptors (Lipinski definition) is 4. The predicted octanol–water partition coefficient (Wildman–Crippen LogP) is 12.4. The first kappa shape index (κ1) is 28.9. The first-order chi connectivity index (χ1) is 27.3. The molecule has 0 fully saturated rings. The van der Waals surface area contributed by atoms with E-state index in [1.165, 1.54) is 43.8 Å². The van der Waals surface area contributed by atoms with Crippen molar-refractivity contribution in [1.29, 1.82) is 0 Å². The van der Waals surface area contributed by atoms with Crippen molar-refractivity contribution in [1.82, 2.24) is 24.1 Å². The monoisotopic (exact) mass is 701 g/mol. The van der Waals surface area contributed by atoms with E-state index in [1.807, 2.05) is 40.9 Å². The van der Waals surface area contributed by atoms with Crippen LogP contribution < -0.4 is 0 Å². The molecule has 254 valence electrons. The Hall–Kier alpha value is -7.57. The summed E-state index contributed by atoms with van der Waals surface area (Å²) < 4.78 is 10.7. The van der Waals surface area contributed by atoms with Gasteiger partial charge in [0.2, 0.25) is 0 Å². The van der Waals surface area contributed by atoms with Gasteiger partial charge < -0.3 is 8.98 Å². The van der Waals surface area contributed by atoms with Gasteiger partial charge in [-0.2, -0.15) is 0 Å². The summed E-state index contributed by atoms with van der Waals surface area (Å²) in [5.74, 6) is 0.630. The lowest BCUT2D eigenvalue weighted by atomic mass is 9.93. The molecule has 6 heteroatoms. The molecule has 1 aliphatic carbocycles. The second-order valence-corrected chi connectivity index (χ2v) is 14.4. The van der Waals surface area contributed by atoms with Crippen molar-refractivity contribution < 1.29 is 4.42 Å². The number of fused-ring (bicyclic) bond motifs is 9. The molecule has 0 N–H and O–H groups in total. The van der Waals surface area contributed by atoms with Crippen molar-refractivity contribution in [2.75, 3.05) is 0 Å². The summed E-state index contributed by atoms with van der Waals surface area (Å²) in [6, 6.07) is 57.8. The molecule has 0 atom stereocenters. The van der Waals surface area contributed by atoms with Gasteiger partial charge in [-0.3, -0.25) is 0 Å². The van der Waals surface area contributed by atoms with Crippen LogP contribution in [-0.4, -0.2) is 24.1 Å². The molecule has 0 radical (unpaired) electrons. The van der Waals surface area contributed by atoms with Gasteiger partial charge in [0, 0.05) is 32.7 Å². The van der Waals surface area contributed by atoms with Crippen LogP contribution in [0.3, 0.4) is 0 Å². The van der Waals surface area contributed by atoms with E-state index in [9.17, 15) is 0 Å². The lowest BCUT2D eigenvalue weighted by Gasteiger charge is -2.15. The van der Waals surface area contributed by atoms with Crippen molar-refractivity contribution >= 4 is 71.2 Å². The van der Waals surface area contributed by atoms with E-state index in [-0.39, 0.29) is 0 Å². The van der Waals surface area contributed by atoms with Crippen LogP contribution in [0.25, 0.3) is 122 Å². The number of rotatable bonds is 3. The van der Waals surface area contributed by atoms with Gasteiger partial charge in [0.1, 0.15) is 16.9 Å². The maximum atomic E-state index is 6.31. The Labute approximate surface area is 313 Å². The van der Waals surface area contributed by atoms with Gasteiger partial charge in [0.05, 0.1) is 27.8 Å². The van der Waals surface area contributed by atoms with Gasteiger partial charge in [-0.15, -0.1) is 5.10 Å². The summed E-state index contributed by atoms with van der Waals surface area (Å²) in [6.45, 7) is 0. The first-order valence-corrected chi connectivity index (χ1v) is 18.5.